The van der Waals surface area contributed by atoms with Gasteiger partial charge >= 0.3 is 0 Å². The van der Waals surface area contributed by atoms with Crippen LogP contribution >= 0.6 is 0 Å². The zero-order valence-electron chi connectivity index (χ0n) is 18.2. The molecule has 2 N–H and O–H groups in total. The number of furan rings is 1. The van der Waals surface area contributed by atoms with Crippen LogP contribution in [0.2, 0.25) is 0 Å². The molecule has 6 nitrogen and oxygen atoms in total. The van der Waals surface area contributed by atoms with E-state index in [-0.39, 0.29) is 17.9 Å². The molecule has 0 aliphatic rings. The molecule has 2 amide bonds. The third kappa shape index (κ3) is 6.06. The Morgan fingerprint density at radius 1 is 0.935 bits per heavy atom. The molecule has 6 heteroatoms. The van der Waals surface area contributed by atoms with Crippen LogP contribution in [-0.4, -0.2) is 29.8 Å². The second-order valence-electron chi connectivity index (χ2n) is 7.37. The smallest absolute Gasteiger partial charge is 0.287 e. The van der Waals surface area contributed by atoms with Crippen LogP contribution in [0.15, 0.2) is 71.1 Å². The Bertz CT molecular complexity index is 1010. The maximum absolute atomic E-state index is 12.6. The monoisotopic (exact) mass is 419 g/mol. The number of amides is 2. The van der Waals surface area contributed by atoms with Crippen LogP contribution in [0.25, 0.3) is 0 Å². The van der Waals surface area contributed by atoms with E-state index in [9.17, 15) is 9.59 Å². The Morgan fingerprint density at radius 2 is 1.68 bits per heavy atom. The molecule has 1 aromatic heterocycles. The van der Waals surface area contributed by atoms with Crippen molar-refractivity contribution in [2.45, 2.75) is 33.4 Å². The maximum atomic E-state index is 12.6. The molecule has 1 heterocycles. The molecular weight excluding hydrogens is 390 g/mol. The van der Waals surface area contributed by atoms with E-state index in [2.05, 4.69) is 29.4 Å². The van der Waals surface area contributed by atoms with Crippen LogP contribution in [0.3, 0.4) is 0 Å². The maximum Gasteiger partial charge on any atom is 0.287 e. The minimum absolute atomic E-state index is 0.175. The summed E-state index contributed by atoms with van der Waals surface area (Å²) in [4.78, 5) is 27.2. The van der Waals surface area contributed by atoms with Gasteiger partial charge < -0.3 is 15.1 Å². The van der Waals surface area contributed by atoms with Crippen LogP contribution in [0.4, 0.5) is 5.69 Å². The lowest BCUT2D eigenvalue weighted by molar-refractivity contribution is 0.0907. The topological polar surface area (TPSA) is 74.6 Å². The number of carbonyl (C=O) groups excluding carboxylic acids is 2. The molecule has 162 valence electrons. The molecule has 0 spiro atoms. The number of hydrogen-bond donors (Lipinski definition) is 2. The first-order valence-electron chi connectivity index (χ1n) is 10.6. The van der Waals surface area contributed by atoms with Crippen LogP contribution in [0.1, 0.15) is 59.0 Å². The molecule has 31 heavy (non-hydrogen) atoms. The summed E-state index contributed by atoms with van der Waals surface area (Å²) in [5, 5.41) is 5.86. The van der Waals surface area contributed by atoms with Gasteiger partial charge in [0, 0.05) is 11.3 Å². The first kappa shape index (κ1) is 22.3. The number of hydrogen-bond acceptors (Lipinski definition) is 4. The standard InChI is InChI=1S/C25H29N3O3/c1-4-28(5-2)17-22-14-15-23(31-22)25(30)26-18(3)20-12-9-13-21(16-20)27-24(29)19-10-7-6-8-11-19/h6-16,18H,4-5,17H2,1-3H3,(H,26,30)(H,27,29). The highest BCUT2D eigenvalue weighted by molar-refractivity contribution is 6.04. The fourth-order valence-electron chi connectivity index (χ4n) is 3.28. The molecule has 0 aliphatic carbocycles. The molecule has 0 radical (unpaired) electrons. The highest BCUT2D eigenvalue weighted by Gasteiger charge is 2.16. The summed E-state index contributed by atoms with van der Waals surface area (Å²) in [5.41, 5.74) is 2.15. The fraction of sp³-hybridized carbons (Fsp3) is 0.280. The van der Waals surface area contributed by atoms with Crippen LogP contribution in [-0.2, 0) is 6.54 Å². The zero-order chi connectivity index (χ0) is 22.2. The van der Waals surface area contributed by atoms with Crippen molar-refractivity contribution in [3.63, 3.8) is 0 Å². The summed E-state index contributed by atoms with van der Waals surface area (Å²) in [7, 11) is 0. The van der Waals surface area contributed by atoms with Crippen LogP contribution in [0, 0.1) is 0 Å². The summed E-state index contributed by atoms with van der Waals surface area (Å²) < 4.78 is 5.73. The molecule has 0 fully saturated rings. The lowest BCUT2D eigenvalue weighted by Crippen LogP contribution is -2.26. The lowest BCUT2D eigenvalue weighted by atomic mass is 10.1. The molecule has 2 aromatic carbocycles. The number of anilines is 1. The first-order chi connectivity index (χ1) is 15.0. The number of nitrogens with one attached hydrogen (secondary N) is 2. The van der Waals surface area contributed by atoms with Crippen molar-refractivity contribution in [1.82, 2.24) is 10.2 Å². The van der Waals surface area contributed by atoms with Crippen LogP contribution < -0.4 is 10.6 Å². The molecule has 0 bridgehead atoms. The summed E-state index contributed by atoms with van der Waals surface area (Å²) in [6.45, 7) is 8.62. The molecule has 1 atom stereocenters. The summed E-state index contributed by atoms with van der Waals surface area (Å²) >= 11 is 0. The Hall–Kier alpha value is -3.38. The van der Waals surface area contributed by atoms with E-state index in [1.54, 1.807) is 18.2 Å². The first-order valence-corrected chi connectivity index (χ1v) is 10.6. The number of carbonyl (C=O) groups is 2. The molecule has 0 saturated heterocycles. The van der Waals surface area contributed by atoms with Gasteiger partial charge in [0.25, 0.3) is 11.8 Å². The third-order valence-corrected chi connectivity index (χ3v) is 5.19. The van der Waals surface area contributed by atoms with Crippen molar-refractivity contribution in [3.05, 3.63) is 89.4 Å². The number of nitrogens with zero attached hydrogens (tertiary/aromatic N) is 1. The van der Waals surface area contributed by atoms with Crippen molar-refractivity contribution in [1.29, 1.82) is 0 Å². The number of rotatable bonds is 9. The van der Waals surface area contributed by atoms with Crippen molar-refractivity contribution in [3.8, 4) is 0 Å². The van der Waals surface area contributed by atoms with Gasteiger partial charge in [0.15, 0.2) is 5.76 Å². The SMILES string of the molecule is CCN(CC)Cc1ccc(C(=O)NC(C)c2cccc(NC(=O)c3ccccc3)c2)o1. The van der Waals surface area contributed by atoms with E-state index >= 15 is 0 Å². The number of benzene rings is 2. The van der Waals surface area contributed by atoms with Gasteiger partial charge in [-0.15, -0.1) is 0 Å². The predicted molar refractivity (Wildman–Crippen MR) is 122 cm³/mol. The second kappa shape index (κ2) is 10.6. The van der Waals surface area contributed by atoms with Gasteiger partial charge in [-0.1, -0.05) is 44.2 Å². The highest BCUT2D eigenvalue weighted by Crippen LogP contribution is 2.19. The van der Waals surface area contributed by atoms with Gasteiger partial charge in [-0.3, -0.25) is 14.5 Å². The van der Waals surface area contributed by atoms with Gasteiger partial charge in [-0.2, -0.15) is 0 Å². The minimum Gasteiger partial charge on any atom is -0.455 e. The van der Waals surface area contributed by atoms with Crippen molar-refractivity contribution in [2.75, 3.05) is 18.4 Å². The summed E-state index contributed by atoms with van der Waals surface area (Å²) in [6.07, 6.45) is 0. The van der Waals surface area contributed by atoms with Gasteiger partial charge in [-0.25, -0.2) is 0 Å². The van der Waals surface area contributed by atoms with E-state index < -0.39 is 0 Å². The van der Waals surface area contributed by atoms with Gasteiger partial charge in [0.1, 0.15) is 5.76 Å². The van der Waals surface area contributed by atoms with Crippen molar-refractivity contribution >= 4 is 17.5 Å². The summed E-state index contributed by atoms with van der Waals surface area (Å²) in [6, 6.07) is 19.8. The van der Waals surface area contributed by atoms with E-state index in [1.165, 1.54) is 0 Å². The Balaban J connectivity index is 1.62. The second-order valence-corrected chi connectivity index (χ2v) is 7.37. The van der Waals surface area contributed by atoms with Crippen molar-refractivity contribution < 1.29 is 14.0 Å². The Labute approximate surface area is 183 Å². The lowest BCUT2D eigenvalue weighted by Gasteiger charge is -2.16. The Kier molecular flexibility index (Phi) is 7.62. The van der Waals surface area contributed by atoms with Crippen LogP contribution in [0.5, 0.6) is 0 Å². The summed E-state index contributed by atoms with van der Waals surface area (Å²) in [5.74, 6) is 0.623. The minimum atomic E-state index is -0.267. The van der Waals surface area contributed by atoms with Gasteiger partial charge in [-0.05, 0) is 62.0 Å². The van der Waals surface area contributed by atoms with Gasteiger partial charge in [0.05, 0.1) is 12.6 Å². The van der Waals surface area contributed by atoms with Crippen molar-refractivity contribution in [2.24, 2.45) is 0 Å². The third-order valence-electron chi connectivity index (χ3n) is 5.19. The average molecular weight is 420 g/mol. The fourth-order valence-corrected chi connectivity index (χ4v) is 3.28. The molecule has 3 aromatic rings. The molecule has 1 unspecified atom stereocenters. The highest BCUT2D eigenvalue weighted by atomic mass is 16.4. The predicted octanol–water partition coefficient (Wildman–Crippen LogP) is 4.86. The molecule has 3 rings (SSSR count). The van der Waals surface area contributed by atoms with E-state index in [0.717, 1.165) is 24.4 Å². The normalized spacial score (nSPS) is 11.9. The largest absolute Gasteiger partial charge is 0.455 e. The zero-order valence-corrected chi connectivity index (χ0v) is 18.2. The van der Waals surface area contributed by atoms with E-state index in [4.69, 9.17) is 4.42 Å². The molecule has 0 aliphatic heterocycles. The van der Waals surface area contributed by atoms with E-state index in [0.29, 0.717) is 23.6 Å². The molecule has 0 saturated carbocycles. The van der Waals surface area contributed by atoms with E-state index in [1.807, 2.05) is 55.5 Å². The molecular formula is C25H29N3O3. The average Bonchev–Trinajstić information content (AvgIpc) is 3.27. The quantitative estimate of drug-likeness (QED) is 0.519. The Morgan fingerprint density at radius 3 is 2.39 bits per heavy atom. The van der Waals surface area contributed by atoms with Gasteiger partial charge in [0.2, 0.25) is 0 Å².